The summed E-state index contributed by atoms with van der Waals surface area (Å²) in [4.78, 5) is 12.6. The summed E-state index contributed by atoms with van der Waals surface area (Å²) in [5, 5.41) is 4.98. The first-order valence-corrected chi connectivity index (χ1v) is 11.7. The van der Waals surface area contributed by atoms with E-state index in [0.717, 1.165) is 16.5 Å². The molecule has 0 spiro atoms. The molecule has 0 bridgehead atoms. The van der Waals surface area contributed by atoms with Crippen molar-refractivity contribution in [3.05, 3.63) is 66.7 Å². The lowest BCUT2D eigenvalue weighted by Crippen LogP contribution is -2.51. The first-order valence-electron chi connectivity index (χ1n) is 10.1. The van der Waals surface area contributed by atoms with Crippen LogP contribution in [0.4, 0.5) is 5.69 Å². The van der Waals surface area contributed by atoms with Gasteiger partial charge in [-0.05, 0) is 42.0 Å². The molecule has 3 aromatic carbocycles. The van der Waals surface area contributed by atoms with Crippen molar-refractivity contribution in [2.24, 2.45) is 0 Å². The average molecular weight is 441 g/mol. The van der Waals surface area contributed by atoms with E-state index in [1.165, 1.54) is 4.31 Å². The number of carbonyl (C=O) groups is 1. The second kappa shape index (κ2) is 8.85. The molecule has 0 saturated heterocycles. The van der Waals surface area contributed by atoms with Gasteiger partial charge in [0.2, 0.25) is 10.0 Å². The standard InChI is InChI=1S/C23H24N2O5S/c1-2-31(27,28)25-16-22(30-21-10-6-5-9-20(21)25)23(26)24-13-14-29-19-12-11-17-7-3-4-8-18(17)15-19/h3-12,15,22H,2,13-14,16H2,1H3,(H,24,26)/t22-/m1/s1. The maximum Gasteiger partial charge on any atom is 0.263 e. The van der Waals surface area contributed by atoms with Crippen molar-refractivity contribution in [3.63, 3.8) is 0 Å². The number of nitrogens with one attached hydrogen (secondary N) is 1. The van der Waals surface area contributed by atoms with Crippen molar-refractivity contribution < 1.29 is 22.7 Å². The number of anilines is 1. The molecule has 0 aliphatic carbocycles. The van der Waals surface area contributed by atoms with E-state index in [9.17, 15) is 13.2 Å². The molecule has 31 heavy (non-hydrogen) atoms. The Morgan fingerprint density at radius 2 is 1.84 bits per heavy atom. The van der Waals surface area contributed by atoms with Crippen molar-refractivity contribution in [1.29, 1.82) is 0 Å². The number of benzene rings is 3. The van der Waals surface area contributed by atoms with E-state index in [1.807, 2.05) is 42.5 Å². The van der Waals surface area contributed by atoms with Crippen LogP contribution in [0.25, 0.3) is 10.8 Å². The van der Waals surface area contributed by atoms with E-state index in [0.29, 0.717) is 11.4 Å². The highest BCUT2D eigenvalue weighted by Gasteiger charge is 2.35. The van der Waals surface area contributed by atoms with E-state index >= 15 is 0 Å². The molecule has 1 N–H and O–H groups in total. The highest BCUT2D eigenvalue weighted by molar-refractivity contribution is 7.92. The van der Waals surface area contributed by atoms with Crippen LogP contribution in [0.2, 0.25) is 0 Å². The van der Waals surface area contributed by atoms with E-state index < -0.39 is 16.1 Å². The normalized spacial score (nSPS) is 15.8. The Bertz CT molecular complexity index is 1200. The zero-order chi connectivity index (χ0) is 21.8. The summed E-state index contributed by atoms with van der Waals surface area (Å²) < 4.78 is 37.8. The topological polar surface area (TPSA) is 84.9 Å². The molecule has 1 aliphatic heterocycles. The molecule has 0 fully saturated rings. The van der Waals surface area contributed by atoms with Gasteiger partial charge in [0, 0.05) is 0 Å². The fourth-order valence-corrected chi connectivity index (χ4v) is 4.60. The Balaban J connectivity index is 1.36. The van der Waals surface area contributed by atoms with Crippen LogP contribution < -0.4 is 19.1 Å². The lowest BCUT2D eigenvalue weighted by atomic mass is 10.1. The fourth-order valence-electron chi connectivity index (χ4n) is 3.47. The van der Waals surface area contributed by atoms with Crippen LogP contribution in [-0.4, -0.2) is 45.9 Å². The quantitative estimate of drug-likeness (QED) is 0.571. The summed E-state index contributed by atoms with van der Waals surface area (Å²) in [7, 11) is -3.53. The minimum Gasteiger partial charge on any atom is -0.492 e. The third kappa shape index (κ3) is 4.59. The maximum atomic E-state index is 12.6. The Labute approximate surface area is 181 Å². The molecule has 7 nitrogen and oxygen atoms in total. The van der Waals surface area contributed by atoms with Gasteiger partial charge in [0.15, 0.2) is 6.10 Å². The first kappa shape index (κ1) is 21.0. The molecule has 1 atom stereocenters. The summed E-state index contributed by atoms with van der Waals surface area (Å²) in [6, 6.07) is 20.6. The molecule has 8 heteroatoms. The van der Waals surface area contributed by atoms with Gasteiger partial charge in [0.25, 0.3) is 5.91 Å². The molecule has 162 valence electrons. The number of nitrogens with zero attached hydrogens (tertiary/aromatic N) is 1. The smallest absolute Gasteiger partial charge is 0.263 e. The Morgan fingerprint density at radius 1 is 1.10 bits per heavy atom. The summed E-state index contributed by atoms with van der Waals surface area (Å²) in [5.74, 6) is 0.650. The fraction of sp³-hybridized carbons (Fsp3) is 0.261. The lowest BCUT2D eigenvalue weighted by Gasteiger charge is -2.34. The van der Waals surface area contributed by atoms with Crippen LogP contribution in [-0.2, 0) is 14.8 Å². The van der Waals surface area contributed by atoms with Gasteiger partial charge in [-0.3, -0.25) is 9.10 Å². The molecule has 0 radical (unpaired) electrons. The maximum absolute atomic E-state index is 12.6. The minimum absolute atomic E-state index is 0.0602. The van der Waals surface area contributed by atoms with Gasteiger partial charge in [0.1, 0.15) is 18.1 Å². The highest BCUT2D eigenvalue weighted by Crippen LogP contribution is 2.35. The number of hydrogen-bond acceptors (Lipinski definition) is 5. The zero-order valence-corrected chi connectivity index (χ0v) is 18.0. The van der Waals surface area contributed by atoms with E-state index in [-0.39, 0.29) is 31.4 Å². The molecular formula is C23H24N2O5S. The molecule has 1 amide bonds. The summed E-state index contributed by atoms with van der Waals surface area (Å²) in [6.07, 6.45) is -0.933. The largest absolute Gasteiger partial charge is 0.492 e. The van der Waals surface area contributed by atoms with Crippen LogP contribution in [0.3, 0.4) is 0 Å². The van der Waals surface area contributed by atoms with Crippen LogP contribution in [0.1, 0.15) is 6.92 Å². The summed E-state index contributed by atoms with van der Waals surface area (Å²) in [6.45, 7) is 2.06. The van der Waals surface area contributed by atoms with Crippen LogP contribution in [0.15, 0.2) is 66.7 Å². The average Bonchev–Trinajstić information content (AvgIpc) is 2.80. The highest BCUT2D eigenvalue weighted by atomic mass is 32.2. The number of ether oxygens (including phenoxy) is 2. The van der Waals surface area contributed by atoms with Crippen LogP contribution in [0.5, 0.6) is 11.5 Å². The number of fused-ring (bicyclic) bond motifs is 2. The van der Waals surface area contributed by atoms with Crippen molar-refractivity contribution in [1.82, 2.24) is 5.32 Å². The van der Waals surface area contributed by atoms with E-state index in [4.69, 9.17) is 9.47 Å². The number of carbonyl (C=O) groups excluding carboxylic acids is 1. The molecule has 4 rings (SSSR count). The molecule has 1 aliphatic rings. The Kier molecular flexibility index (Phi) is 5.99. The van der Waals surface area contributed by atoms with Gasteiger partial charge in [-0.1, -0.05) is 42.5 Å². The van der Waals surface area contributed by atoms with E-state index in [1.54, 1.807) is 31.2 Å². The minimum atomic E-state index is -3.53. The Morgan fingerprint density at radius 3 is 2.65 bits per heavy atom. The predicted octanol–water partition coefficient (Wildman–Crippen LogP) is 2.95. The number of para-hydroxylation sites is 2. The molecule has 3 aromatic rings. The van der Waals surface area contributed by atoms with Crippen molar-refractivity contribution in [2.75, 3.05) is 29.8 Å². The number of rotatable bonds is 7. The van der Waals surface area contributed by atoms with Gasteiger partial charge >= 0.3 is 0 Å². The van der Waals surface area contributed by atoms with Crippen molar-refractivity contribution in [2.45, 2.75) is 13.0 Å². The molecule has 0 unspecified atom stereocenters. The monoisotopic (exact) mass is 440 g/mol. The third-order valence-electron chi connectivity index (χ3n) is 5.12. The molecular weight excluding hydrogens is 416 g/mol. The number of amides is 1. The van der Waals surface area contributed by atoms with Crippen LogP contribution >= 0.6 is 0 Å². The third-order valence-corrected chi connectivity index (χ3v) is 6.87. The van der Waals surface area contributed by atoms with Crippen molar-refractivity contribution in [3.8, 4) is 11.5 Å². The molecule has 0 saturated carbocycles. The summed E-state index contributed by atoms with van der Waals surface area (Å²) in [5.41, 5.74) is 0.452. The first-order chi connectivity index (χ1) is 15.0. The van der Waals surface area contributed by atoms with Gasteiger partial charge in [0.05, 0.1) is 24.5 Å². The van der Waals surface area contributed by atoms with Gasteiger partial charge in [-0.15, -0.1) is 0 Å². The predicted molar refractivity (Wildman–Crippen MR) is 120 cm³/mol. The SMILES string of the molecule is CCS(=O)(=O)N1C[C@H](C(=O)NCCOc2ccc3ccccc3c2)Oc2ccccc21. The second-order valence-electron chi connectivity index (χ2n) is 7.15. The second-order valence-corrected chi connectivity index (χ2v) is 9.34. The molecule has 1 heterocycles. The van der Waals surface area contributed by atoms with Gasteiger partial charge in [-0.25, -0.2) is 8.42 Å². The molecule has 0 aromatic heterocycles. The number of sulfonamides is 1. The van der Waals surface area contributed by atoms with Crippen molar-refractivity contribution >= 4 is 32.4 Å². The van der Waals surface area contributed by atoms with Gasteiger partial charge in [-0.2, -0.15) is 0 Å². The zero-order valence-electron chi connectivity index (χ0n) is 17.2. The Hall–Kier alpha value is -3.26. The van der Waals surface area contributed by atoms with E-state index in [2.05, 4.69) is 5.32 Å². The lowest BCUT2D eigenvalue weighted by molar-refractivity contribution is -0.127. The van der Waals surface area contributed by atoms with Gasteiger partial charge < -0.3 is 14.8 Å². The summed E-state index contributed by atoms with van der Waals surface area (Å²) >= 11 is 0. The number of hydrogen-bond donors (Lipinski definition) is 1. The van der Waals surface area contributed by atoms with Crippen LogP contribution in [0, 0.1) is 0 Å².